The average Bonchev–Trinajstić information content (AvgIpc) is 3.09. The summed E-state index contributed by atoms with van der Waals surface area (Å²) in [6.07, 6.45) is 3.21. The maximum absolute atomic E-state index is 13.3. The van der Waals surface area contributed by atoms with Crippen LogP contribution in [0.4, 0.5) is 0 Å². The van der Waals surface area contributed by atoms with Gasteiger partial charge in [0, 0.05) is 42.6 Å². The van der Waals surface area contributed by atoms with Crippen LogP contribution in [0.5, 0.6) is 0 Å². The van der Waals surface area contributed by atoms with Crippen LogP contribution >= 0.6 is 0 Å². The molecule has 2 aliphatic rings. The van der Waals surface area contributed by atoms with Crippen molar-refractivity contribution in [3.63, 3.8) is 0 Å². The predicted molar refractivity (Wildman–Crippen MR) is 114 cm³/mol. The molecule has 0 unspecified atom stereocenters. The van der Waals surface area contributed by atoms with Crippen molar-refractivity contribution in [2.45, 2.75) is 38.0 Å². The molecule has 0 atom stereocenters. The second kappa shape index (κ2) is 6.65. The maximum atomic E-state index is 13.3. The van der Waals surface area contributed by atoms with Gasteiger partial charge in [0.05, 0.1) is 16.8 Å². The largest absolute Gasteiger partial charge is 0.339 e. The highest BCUT2D eigenvalue weighted by molar-refractivity contribution is 6.06. The van der Waals surface area contributed by atoms with E-state index in [1.165, 1.54) is 6.07 Å². The Bertz CT molecular complexity index is 1300. The third-order valence-corrected chi connectivity index (χ3v) is 6.88. The standard InChI is InChI=1S/C23H24N4O3/c1-14-24-20-16(21(29)25-14)7-8-23(20)9-11-27(12-10-23)22(30)17-13-19(28)26(2)18-6-4-3-5-15(17)18/h3-6,13H,7-12H2,1-2H3,(H,24,25,29). The second-order valence-electron chi connectivity index (χ2n) is 8.52. The number of amides is 1. The average molecular weight is 404 g/mol. The molecule has 3 aromatic rings. The fourth-order valence-electron chi connectivity index (χ4n) is 5.15. The molecule has 1 aliphatic carbocycles. The molecule has 7 heteroatoms. The minimum absolute atomic E-state index is 0.0283. The van der Waals surface area contributed by atoms with Crippen LogP contribution in [0.1, 0.15) is 46.7 Å². The molecule has 1 amide bonds. The molecular formula is C23H24N4O3. The minimum Gasteiger partial charge on any atom is -0.339 e. The number of nitrogens with one attached hydrogen (secondary N) is 1. The van der Waals surface area contributed by atoms with Gasteiger partial charge < -0.3 is 14.5 Å². The van der Waals surface area contributed by atoms with Gasteiger partial charge in [-0.2, -0.15) is 0 Å². The molecule has 1 aromatic carbocycles. The first kappa shape index (κ1) is 18.8. The number of fused-ring (bicyclic) bond motifs is 3. The Kier molecular flexibility index (Phi) is 4.17. The van der Waals surface area contributed by atoms with Crippen LogP contribution in [0.15, 0.2) is 39.9 Å². The lowest BCUT2D eigenvalue weighted by molar-refractivity contribution is 0.0665. The highest BCUT2D eigenvalue weighted by Gasteiger charge is 2.44. The summed E-state index contributed by atoms with van der Waals surface area (Å²) in [6, 6.07) is 8.95. The predicted octanol–water partition coefficient (Wildman–Crippen LogP) is 2.05. The number of para-hydroxylation sites is 1. The molecule has 0 bridgehead atoms. The number of nitrogens with zero attached hydrogens (tertiary/aromatic N) is 3. The Morgan fingerprint density at radius 2 is 1.87 bits per heavy atom. The Balaban J connectivity index is 1.45. The van der Waals surface area contributed by atoms with Gasteiger partial charge in [-0.25, -0.2) is 4.98 Å². The number of carbonyl (C=O) groups excluding carboxylic acids is 1. The van der Waals surface area contributed by atoms with E-state index < -0.39 is 0 Å². The zero-order chi connectivity index (χ0) is 21.0. The highest BCUT2D eigenvalue weighted by Crippen LogP contribution is 2.44. The Labute approximate surface area is 173 Å². The summed E-state index contributed by atoms with van der Waals surface area (Å²) in [7, 11) is 1.72. The number of hydrogen-bond donors (Lipinski definition) is 1. The number of benzene rings is 1. The molecule has 154 valence electrons. The van der Waals surface area contributed by atoms with Gasteiger partial charge in [-0.3, -0.25) is 14.4 Å². The number of rotatable bonds is 1. The molecule has 5 rings (SSSR count). The zero-order valence-electron chi connectivity index (χ0n) is 17.2. The van der Waals surface area contributed by atoms with Crippen molar-refractivity contribution in [2.24, 2.45) is 7.05 Å². The number of hydrogen-bond acceptors (Lipinski definition) is 4. The van der Waals surface area contributed by atoms with Crippen molar-refractivity contribution in [1.82, 2.24) is 19.4 Å². The SMILES string of the molecule is Cc1nc2c(c(=O)[nH]1)CCC21CCN(C(=O)c2cc(=O)n(C)c3ccccc23)CC1. The van der Waals surface area contributed by atoms with Gasteiger partial charge in [-0.15, -0.1) is 0 Å². The lowest BCUT2D eigenvalue weighted by atomic mass is 9.76. The number of aryl methyl sites for hydroxylation is 2. The number of pyridine rings is 1. The topological polar surface area (TPSA) is 88.1 Å². The van der Waals surface area contributed by atoms with Crippen LogP contribution in [0.2, 0.25) is 0 Å². The lowest BCUT2D eigenvalue weighted by Crippen LogP contribution is -2.45. The van der Waals surface area contributed by atoms with Crippen molar-refractivity contribution in [1.29, 1.82) is 0 Å². The number of aromatic nitrogens is 3. The minimum atomic E-state index is -0.186. The zero-order valence-corrected chi connectivity index (χ0v) is 17.2. The van der Waals surface area contributed by atoms with E-state index in [9.17, 15) is 14.4 Å². The molecule has 1 aliphatic heterocycles. The molecular weight excluding hydrogens is 380 g/mol. The molecule has 2 aromatic heterocycles. The molecule has 0 saturated carbocycles. The fourth-order valence-corrected chi connectivity index (χ4v) is 5.15. The van der Waals surface area contributed by atoms with Crippen molar-refractivity contribution >= 4 is 16.8 Å². The molecule has 1 saturated heterocycles. The summed E-state index contributed by atoms with van der Waals surface area (Å²) in [5.41, 5.74) is 2.61. The summed E-state index contributed by atoms with van der Waals surface area (Å²) in [6.45, 7) is 3.00. The van der Waals surface area contributed by atoms with E-state index in [1.807, 2.05) is 36.1 Å². The van der Waals surface area contributed by atoms with Crippen molar-refractivity contribution in [2.75, 3.05) is 13.1 Å². The van der Waals surface area contributed by atoms with Crippen LogP contribution in [0.3, 0.4) is 0 Å². The molecule has 1 N–H and O–H groups in total. The summed E-state index contributed by atoms with van der Waals surface area (Å²) < 4.78 is 1.57. The van der Waals surface area contributed by atoms with E-state index in [0.29, 0.717) is 24.5 Å². The molecule has 1 spiro atoms. The van der Waals surface area contributed by atoms with Gasteiger partial charge in [0.1, 0.15) is 5.82 Å². The molecule has 0 radical (unpaired) electrons. The van der Waals surface area contributed by atoms with Crippen LogP contribution in [-0.2, 0) is 18.9 Å². The van der Waals surface area contributed by atoms with Crippen molar-refractivity contribution < 1.29 is 4.79 Å². The summed E-state index contributed by atoms with van der Waals surface area (Å²) in [5, 5.41) is 0.792. The fraction of sp³-hybridized carbons (Fsp3) is 0.391. The van der Waals surface area contributed by atoms with Gasteiger partial charge in [0.25, 0.3) is 17.0 Å². The first-order valence-corrected chi connectivity index (χ1v) is 10.4. The van der Waals surface area contributed by atoms with Gasteiger partial charge in [-0.05, 0) is 38.7 Å². The third-order valence-electron chi connectivity index (χ3n) is 6.88. The maximum Gasteiger partial charge on any atom is 0.254 e. The smallest absolute Gasteiger partial charge is 0.254 e. The quantitative estimate of drug-likeness (QED) is 0.672. The summed E-state index contributed by atoms with van der Waals surface area (Å²) in [4.78, 5) is 47.4. The number of piperidine rings is 1. The Morgan fingerprint density at radius 1 is 1.13 bits per heavy atom. The van der Waals surface area contributed by atoms with Crippen LogP contribution in [0.25, 0.3) is 10.9 Å². The van der Waals surface area contributed by atoms with Gasteiger partial charge in [0.15, 0.2) is 0 Å². The summed E-state index contributed by atoms with van der Waals surface area (Å²) >= 11 is 0. The molecule has 3 heterocycles. The van der Waals surface area contributed by atoms with Gasteiger partial charge in [0.2, 0.25) is 0 Å². The van der Waals surface area contributed by atoms with Gasteiger partial charge in [-0.1, -0.05) is 18.2 Å². The Hall–Kier alpha value is -3.22. The third kappa shape index (κ3) is 2.72. The van der Waals surface area contributed by atoms with E-state index in [-0.39, 0.29) is 22.4 Å². The number of aromatic amines is 1. The highest BCUT2D eigenvalue weighted by atomic mass is 16.2. The second-order valence-corrected chi connectivity index (χ2v) is 8.52. The van der Waals surface area contributed by atoms with E-state index in [1.54, 1.807) is 11.6 Å². The van der Waals surface area contributed by atoms with Crippen LogP contribution in [-0.4, -0.2) is 38.4 Å². The van der Waals surface area contributed by atoms with E-state index >= 15 is 0 Å². The lowest BCUT2D eigenvalue weighted by Gasteiger charge is -2.39. The van der Waals surface area contributed by atoms with Crippen molar-refractivity contribution in [3.8, 4) is 0 Å². The van der Waals surface area contributed by atoms with Gasteiger partial charge >= 0.3 is 0 Å². The first-order chi connectivity index (χ1) is 14.4. The van der Waals surface area contributed by atoms with E-state index in [0.717, 1.165) is 47.8 Å². The molecule has 7 nitrogen and oxygen atoms in total. The number of H-pyrrole nitrogens is 1. The van der Waals surface area contributed by atoms with Crippen molar-refractivity contribution in [3.05, 3.63) is 73.7 Å². The van der Waals surface area contributed by atoms with E-state index in [2.05, 4.69) is 9.97 Å². The number of carbonyl (C=O) groups is 1. The normalized spacial score (nSPS) is 17.5. The van der Waals surface area contributed by atoms with E-state index in [4.69, 9.17) is 0 Å². The Morgan fingerprint density at radius 3 is 2.63 bits per heavy atom. The van der Waals surface area contributed by atoms with Crippen LogP contribution in [0, 0.1) is 6.92 Å². The molecule has 30 heavy (non-hydrogen) atoms. The van der Waals surface area contributed by atoms with Crippen LogP contribution < -0.4 is 11.1 Å². The summed E-state index contributed by atoms with van der Waals surface area (Å²) in [5.74, 6) is 0.539. The first-order valence-electron chi connectivity index (χ1n) is 10.4. The monoisotopic (exact) mass is 404 g/mol. The molecule has 1 fully saturated rings. The number of likely N-dealkylation sites (tertiary alicyclic amines) is 1.